The van der Waals surface area contributed by atoms with Crippen LogP contribution in [0.2, 0.25) is 0 Å². The van der Waals surface area contributed by atoms with Crippen molar-refractivity contribution in [3.63, 3.8) is 0 Å². The van der Waals surface area contributed by atoms with Gasteiger partial charge in [-0.25, -0.2) is 0 Å². The van der Waals surface area contributed by atoms with Gasteiger partial charge in [0.25, 0.3) is 0 Å². The maximum atomic E-state index is 12.9. The Morgan fingerprint density at radius 1 is 0.966 bits per heavy atom. The number of rotatable bonds is 5. The van der Waals surface area contributed by atoms with Gasteiger partial charge in [0.15, 0.2) is 0 Å². The Hall–Kier alpha value is -2.43. The lowest BCUT2D eigenvalue weighted by molar-refractivity contribution is -0.144. The summed E-state index contributed by atoms with van der Waals surface area (Å²) in [6.45, 7) is -0.153. The minimum Gasteiger partial charge on any atom is -0.347 e. The molecule has 3 aliphatic carbocycles. The van der Waals surface area contributed by atoms with E-state index in [-0.39, 0.29) is 54.0 Å². The third-order valence-corrected chi connectivity index (χ3v) is 7.46. The number of carbonyl (C=O) groups excluding carboxylic acids is 3. The van der Waals surface area contributed by atoms with Gasteiger partial charge >= 0.3 is 0 Å². The maximum absolute atomic E-state index is 12.9. The first kappa shape index (κ1) is 18.6. The summed E-state index contributed by atoms with van der Waals surface area (Å²) in [7, 11) is 0. The molecule has 152 valence electrons. The second-order valence-corrected chi connectivity index (χ2v) is 9.12. The number of nitrogens with zero attached hydrogens (tertiary/aromatic N) is 1. The summed E-state index contributed by atoms with van der Waals surface area (Å²) in [6.07, 6.45) is 10.9. The smallest absolute Gasteiger partial charge is 0.240 e. The summed E-state index contributed by atoms with van der Waals surface area (Å²) in [6, 6.07) is 10.0. The van der Waals surface area contributed by atoms with Crippen LogP contribution >= 0.6 is 0 Å². The highest BCUT2D eigenvalue weighted by Gasteiger charge is 2.59. The van der Waals surface area contributed by atoms with Crippen LogP contribution in [-0.2, 0) is 14.4 Å². The third kappa shape index (κ3) is 3.21. The first-order valence-corrected chi connectivity index (χ1v) is 11.0. The van der Waals surface area contributed by atoms with Gasteiger partial charge in [-0.15, -0.1) is 0 Å². The molecule has 5 atom stereocenters. The lowest BCUT2D eigenvalue weighted by Crippen LogP contribution is -2.44. The highest BCUT2D eigenvalue weighted by atomic mass is 16.2. The fraction of sp³-hybridized carbons (Fsp3) is 0.542. The average molecular weight is 392 g/mol. The Labute approximate surface area is 171 Å². The molecule has 5 heteroatoms. The summed E-state index contributed by atoms with van der Waals surface area (Å²) >= 11 is 0. The molecule has 5 nitrogen and oxygen atoms in total. The Morgan fingerprint density at radius 2 is 1.59 bits per heavy atom. The zero-order chi connectivity index (χ0) is 20.0. The topological polar surface area (TPSA) is 66.5 Å². The van der Waals surface area contributed by atoms with Crippen LogP contribution in [0.1, 0.15) is 50.1 Å². The molecule has 0 spiro atoms. The van der Waals surface area contributed by atoms with Crippen LogP contribution < -0.4 is 5.32 Å². The minimum atomic E-state index is -0.242. The van der Waals surface area contributed by atoms with Crippen molar-refractivity contribution in [3.05, 3.63) is 48.0 Å². The van der Waals surface area contributed by atoms with E-state index in [0.29, 0.717) is 5.92 Å². The van der Waals surface area contributed by atoms with E-state index in [1.54, 1.807) is 0 Å². The first-order valence-electron chi connectivity index (χ1n) is 11.0. The van der Waals surface area contributed by atoms with Crippen LogP contribution in [-0.4, -0.2) is 29.2 Å². The molecule has 1 aromatic carbocycles. The highest BCUT2D eigenvalue weighted by Crippen LogP contribution is 2.52. The Kier molecular flexibility index (Phi) is 4.76. The Bertz CT molecular complexity index is 813. The molecular weight excluding hydrogens is 364 g/mol. The van der Waals surface area contributed by atoms with Crippen molar-refractivity contribution < 1.29 is 14.4 Å². The van der Waals surface area contributed by atoms with Gasteiger partial charge in [0, 0.05) is 0 Å². The molecule has 2 bridgehead atoms. The number of imide groups is 1. The first-order chi connectivity index (χ1) is 14.1. The van der Waals surface area contributed by atoms with E-state index in [4.69, 9.17) is 0 Å². The van der Waals surface area contributed by atoms with E-state index in [0.717, 1.165) is 24.8 Å². The summed E-state index contributed by atoms with van der Waals surface area (Å²) in [5.74, 6) is -0.266. The Balaban J connectivity index is 1.30. The van der Waals surface area contributed by atoms with Gasteiger partial charge in [0.1, 0.15) is 6.54 Å². The molecular formula is C24H28N2O3. The summed E-state index contributed by atoms with van der Waals surface area (Å²) < 4.78 is 0. The molecule has 0 aromatic heterocycles. The fourth-order valence-electron chi connectivity index (χ4n) is 6.08. The number of nitrogens with one attached hydrogen (secondary N) is 1. The van der Waals surface area contributed by atoms with Crippen molar-refractivity contribution in [2.24, 2.45) is 29.6 Å². The molecule has 1 heterocycles. The molecule has 0 radical (unpaired) electrons. The Morgan fingerprint density at radius 3 is 2.21 bits per heavy atom. The van der Waals surface area contributed by atoms with Crippen molar-refractivity contribution in [2.45, 2.75) is 44.6 Å². The lowest BCUT2D eigenvalue weighted by atomic mass is 9.81. The second-order valence-electron chi connectivity index (χ2n) is 9.12. The predicted octanol–water partition coefficient (Wildman–Crippen LogP) is 3.23. The molecule has 4 aliphatic rings. The monoisotopic (exact) mass is 392 g/mol. The maximum Gasteiger partial charge on any atom is 0.240 e. The van der Waals surface area contributed by atoms with E-state index in [1.165, 1.54) is 24.2 Å². The van der Waals surface area contributed by atoms with Gasteiger partial charge in [0.2, 0.25) is 17.7 Å². The summed E-state index contributed by atoms with van der Waals surface area (Å²) in [4.78, 5) is 39.9. The average Bonchev–Trinajstić information content (AvgIpc) is 3.43. The largest absolute Gasteiger partial charge is 0.347 e. The molecule has 1 aliphatic heterocycles. The van der Waals surface area contributed by atoms with E-state index < -0.39 is 0 Å². The number of fused-ring (bicyclic) bond motifs is 5. The van der Waals surface area contributed by atoms with Crippen LogP contribution in [0.5, 0.6) is 0 Å². The van der Waals surface area contributed by atoms with Crippen molar-refractivity contribution in [2.75, 3.05) is 6.54 Å². The van der Waals surface area contributed by atoms with Gasteiger partial charge in [-0.3, -0.25) is 19.3 Å². The molecule has 3 amide bonds. The van der Waals surface area contributed by atoms with Gasteiger partial charge in [-0.2, -0.15) is 0 Å². The van der Waals surface area contributed by atoms with Gasteiger partial charge < -0.3 is 5.32 Å². The van der Waals surface area contributed by atoms with Crippen LogP contribution in [0.3, 0.4) is 0 Å². The highest BCUT2D eigenvalue weighted by molar-refractivity contribution is 6.08. The molecule has 0 unspecified atom stereocenters. The fourth-order valence-corrected chi connectivity index (χ4v) is 6.08. The van der Waals surface area contributed by atoms with Gasteiger partial charge in [-0.1, -0.05) is 61.7 Å². The predicted molar refractivity (Wildman–Crippen MR) is 108 cm³/mol. The number of allylic oxidation sites excluding steroid dienone is 2. The minimum absolute atomic E-state index is 0.0610. The van der Waals surface area contributed by atoms with Gasteiger partial charge in [0.05, 0.1) is 17.9 Å². The number of likely N-dealkylation sites (tertiary alicyclic amines) is 1. The van der Waals surface area contributed by atoms with Gasteiger partial charge in [-0.05, 0) is 42.6 Å². The molecule has 1 aromatic rings. The lowest BCUT2D eigenvalue weighted by Gasteiger charge is -2.32. The SMILES string of the molecule is O=C(CN1C(=O)[C@@H]2[C@H](C1=O)[C@H]1C=C[C@H]2C1)N[C@@H](c1ccccc1)C1CCCCC1. The molecule has 2 saturated carbocycles. The van der Waals surface area contributed by atoms with Crippen molar-refractivity contribution in [3.8, 4) is 0 Å². The number of carbonyl (C=O) groups is 3. The number of amides is 3. The van der Waals surface area contributed by atoms with Crippen LogP contribution in [0, 0.1) is 29.6 Å². The summed E-state index contributed by atoms with van der Waals surface area (Å²) in [5, 5.41) is 3.17. The van der Waals surface area contributed by atoms with E-state index in [2.05, 4.69) is 29.6 Å². The number of benzene rings is 1. The zero-order valence-electron chi connectivity index (χ0n) is 16.6. The number of hydrogen-bond donors (Lipinski definition) is 1. The standard InChI is InChI=1S/C24H28N2O3/c27-19(14-26-23(28)20-17-11-12-18(13-17)21(20)24(26)29)25-22(15-7-3-1-4-8-15)16-9-5-2-6-10-16/h1,3-4,7-8,11-12,16-18,20-22H,2,5-6,9-10,13-14H2,(H,25,27)/t17-,18-,20-,21+,22-/m0/s1. The van der Waals surface area contributed by atoms with Crippen molar-refractivity contribution in [1.29, 1.82) is 0 Å². The number of hydrogen-bond acceptors (Lipinski definition) is 3. The molecule has 1 N–H and O–H groups in total. The van der Waals surface area contributed by atoms with E-state index in [9.17, 15) is 14.4 Å². The molecule has 29 heavy (non-hydrogen) atoms. The molecule has 3 fully saturated rings. The van der Waals surface area contributed by atoms with Crippen molar-refractivity contribution in [1.82, 2.24) is 10.2 Å². The zero-order valence-corrected chi connectivity index (χ0v) is 16.6. The van der Waals surface area contributed by atoms with Crippen molar-refractivity contribution >= 4 is 17.7 Å². The van der Waals surface area contributed by atoms with Crippen LogP contribution in [0.4, 0.5) is 0 Å². The van der Waals surface area contributed by atoms with E-state index >= 15 is 0 Å². The third-order valence-electron chi connectivity index (χ3n) is 7.46. The van der Waals surface area contributed by atoms with E-state index in [1.807, 2.05) is 18.2 Å². The molecule has 1 saturated heterocycles. The quantitative estimate of drug-likeness (QED) is 0.618. The summed E-state index contributed by atoms with van der Waals surface area (Å²) in [5.41, 5.74) is 1.10. The van der Waals surface area contributed by atoms with Crippen LogP contribution in [0.25, 0.3) is 0 Å². The normalized spacial score (nSPS) is 31.9. The second kappa shape index (κ2) is 7.43. The van der Waals surface area contributed by atoms with Crippen LogP contribution in [0.15, 0.2) is 42.5 Å². The molecule has 5 rings (SSSR count).